The van der Waals surface area contributed by atoms with Gasteiger partial charge in [-0.05, 0) is 24.8 Å². The highest BCUT2D eigenvalue weighted by Crippen LogP contribution is 2.20. The first kappa shape index (κ1) is 16.1. The highest BCUT2D eigenvalue weighted by Gasteiger charge is 2.20. The third kappa shape index (κ3) is 3.77. The molecule has 0 saturated carbocycles. The normalized spacial score (nSPS) is 15.2. The molecule has 24 heavy (non-hydrogen) atoms. The van der Waals surface area contributed by atoms with Crippen LogP contribution in [0.3, 0.4) is 0 Å². The lowest BCUT2D eigenvalue weighted by Crippen LogP contribution is -2.20. The average molecular weight is 330 g/mol. The number of carbonyl (C=O) groups is 1. The van der Waals surface area contributed by atoms with Gasteiger partial charge in [0.15, 0.2) is 0 Å². The van der Waals surface area contributed by atoms with E-state index in [1.165, 1.54) is 18.2 Å². The predicted octanol–water partition coefficient (Wildman–Crippen LogP) is 2.47. The van der Waals surface area contributed by atoms with E-state index < -0.39 is 10.8 Å². The van der Waals surface area contributed by atoms with E-state index in [2.05, 4.69) is 10.4 Å². The van der Waals surface area contributed by atoms with Crippen molar-refractivity contribution in [1.82, 2.24) is 9.78 Å². The SMILES string of the molecule is O=C(Nc1cnn(CC2CCOCC2)c1)c1ccccc1[N+](=O)[O-]. The van der Waals surface area contributed by atoms with Crippen LogP contribution in [0.5, 0.6) is 0 Å². The number of anilines is 1. The maximum Gasteiger partial charge on any atom is 0.282 e. The molecule has 0 radical (unpaired) electrons. The van der Waals surface area contributed by atoms with Crippen molar-refractivity contribution in [1.29, 1.82) is 0 Å². The molecule has 1 aromatic carbocycles. The van der Waals surface area contributed by atoms with Crippen molar-refractivity contribution in [2.24, 2.45) is 5.92 Å². The second kappa shape index (κ2) is 7.22. The smallest absolute Gasteiger partial charge is 0.282 e. The van der Waals surface area contributed by atoms with E-state index in [1.54, 1.807) is 23.1 Å². The van der Waals surface area contributed by atoms with Crippen LogP contribution in [0.1, 0.15) is 23.2 Å². The van der Waals surface area contributed by atoms with Gasteiger partial charge >= 0.3 is 0 Å². The fourth-order valence-electron chi connectivity index (χ4n) is 2.74. The minimum absolute atomic E-state index is 0.0275. The molecule has 8 nitrogen and oxygen atoms in total. The van der Waals surface area contributed by atoms with Crippen LogP contribution in [0.25, 0.3) is 0 Å². The van der Waals surface area contributed by atoms with Crippen LogP contribution in [-0.2, 0) is 11.3 Å². The number of nitrogens with one attached hydrogen (secondary N) is 1. The fourth-order valence-corrected chi connectivity index (χ4v) is 2.74. The number of hydrogen-bond acceptors (Lipinski definition) is 5. The Hall–Kier alpha value is -2.74. The monoisotopic (exact) mass is 330 g/mol. The van der Waals surface area contributed by atoms with E-state index >= 15 is 0 Å². The molecular weight excluding hydrogens is 312 g/mol. The molecule has 8 heteroatoms. The summed E-state index contributed by atoms with van der Waals surface area (Å²) in [6, 6.07) is 5.86. The Balaban J connectivity index is 1.66. The number of para-hydroxylation sites is 1. The van der Waals surface area contributed by atoms with Crippen LogP contribution >= 0.6 is 0 Å². The molecule has 3 rings (SSSR count). The summed E-state index contributed by atoms with van der Waals surface area (Å²) < 4.78 is 7.12. The number of ether oxygens (including phenoxy) is 1. The zero-order chi connectivity index (χ0) is 16.9. The third-order valence-corrected chi connectivity index (χ3v) is 4.02. The zero-order valence-electron chi connectivity index (χ0n) is 13.1. The Morgan fingerprint density at radius 2 is 2.12 bits per heavy atom. The first-order chi connectivity index (χ1) is 11.6. The average Bonchev–Trinajstić information content (AvgIpc) is 3.02. The Labute approximate surface area is 138 Å². The molecule has 0 spiro atoms. The van der Waals surface area contributed by atoms with Crippen molar-refractivity contribution in [3.63, 3.8) is 0 Å². The molecule has 0 atom stereocenters. The largest absolute Gasteiger partial charge is 0.381 e. The molecule has 0 bridgehead atoms. The second-order valence-electron chi connectivity index (χ2n) is 5.74. The first-order valence-electron chi connectivity index (χ1n) is 7.78. The lowest BCUT2D eigenvalue weighted by molar-refractivity contribution is -0.385. The van der Waals surface area contributed by atoms with Gasteiger partial charge in [0.1, 0.15) is 5.56 Å². The summed E-state index contributed by atoms with van der Waals surface area (Å²) in [6.07, 6.45) is 5.28. The standard InChI is InChI=1S/C16H18N4O4/c21-16(14-3-1-2-4-15(14)20(22)23)18-13-9-17-19(11-13)10-12-5-7-24-8-6-12/h1-4,9,11-12H,5-8,10H2,(H,18,21). The van der Waals surface area contributed by atoms with Gasteiger partial charge in [0.05, 0.1) is 16.8 Å². The number of nitro groups is 1. The maximum absolute atomic E-state index is 12.3. The van der Waals surface area contributed by atoms with Gasteiger partial charge in [-0.2, -0.15) is 5.10 Å². The van der Waals surface area contributed by atoms with Gasteiger partial charge in [-0.3, -0.25) is 19.6 Å². The van der Waals surface area contributed by atoms with Crippen LogP contribution < -0.4 is 5.32 Å². The van der Waals surface area contributed by atoms with Gasteiger partial charge in [-0.15, -0.1) is 0 Å². The molecule has 1 aliphatic heterocycles. The number of rotatable bonds is 5. The predicted molar refractivity (Wildman–Crippen MR) is 86.8 cm³/mol. The molecule has 1 aromatic heterocycles. The highest BCUT2D eigenvalue weighted by atomic mass is 16.6. The van der Waals surface area contributed by atoms with Crippen LogP contribution in [0.15, 0.2) is 36.7 Å². The van der Waals surface area contributed by atoms with Crippen LogP contribution in [0, 0.1) is 16.0 Å². The second-order valence-corrected chi connectivity index (χ2v) is 5.74. The molecule has 126 valence electrons. The van der Waals surface area contributed by atoms with Gasteiger partial charge in [0.25, 0.3) is 11.6 Å². The van der Waals surface area contributed by atoms with Crippen molar-refractivity contribution in [3.8, 4) is 0 Å². The summed E-state index contributed by atoms with van der Waals surface area (Å²) in [4.78, 5) is 22.7. The Bertz CT molecular complexity index is 737. The summed E-state index contributed by atoms with van der Waals surface area (Å²) in [5.41, 5.74) is 0.328. The molecule has 1 amide bonds. The fraction of sp³-hybridized carbons (Fsp3) is 0.375. The molecule has 0 unspecified atom stereocenters. The minimum Gasteiger partial charge on any atom is -0.381 e. The summed E-state index contributed by atoms with van der Waals surface area (Å²) in [5.74, 6) is -0.00895. The van der Waals surface area contributed by atoms with Gasteiger partial charge < -0.3 is 10.1 Å². The van der Waals surface area contributed by atoms with E-state index in [0.29, 0.717) is 11.6 Å². The summed E-state index contributed by atoms with van der Waals surface area (Å²) >= 11 is 0. The maximum atomic E-state index is 12.3. The van der Waals surface area contributed by atoms with E-state index in [9.17, 15) is 14.9 Å². The van der Waals surface area contributed by atoms with Crippen molar-refractivity contribution in [3.05, 3.63) is 52.3 Å². The third-order valence-electron chi connectivity index (χ3n) is 4.02. The number of aromatic nitrogens is 2. The minimum atomic E-state index is -0.566. The van der Waals surface area contributed by atoms with E-state index in [-0.39, 0.29) is 11.3 Å². The number of nitro benzene ring substituents is 1. The van der Waals surface area contributed by atoms with Crippen molar-refractivity contribution < 1.29 is 14.5 Å². The molecule has 0 aliphatic carbocycles. The highest BCUT2D eigenvalue weighted by molar-refractivity contribution is 6.06. The zero-order valence-corrected chi connectivity index (χ0v) is 13.1. The van der Waals surface area contributed by atoms with E-state index in [0.717, 1.165) is 32.6 Å². The summed E-state index contributed by atoms with van der Waals surface area (Å²) in [7, 11) is 0. The molecule has 2 heterocycles. The van der Waals surface area contributed by atoms with Crippen LogP contribution in [-0.4, -0.2) is 33.8 Å². The molecule has 1 N–H and O–H groups in total. The summed E-state index contributed by atoms with van der Waals surface area (Å²) in [5, 5.41) is 17.9. The van der Waals surface area contributed by atoms with Crippen molar-refractivity contribution in [2.75, 3.05) is 18.5 Å². The van der Waals surface area contributed by atoms with E-state index in [4.69, 9.17) is 4.74 Å². The van der Waals surface area contributed by atoms with Crippen LogP contribution in [0.4, 0.5) is 11.4 Å². The Kier molecular flexibility index (Phi) is 4.85. The lowest BCUT2D eigenvalue weighted by Gasteiger charge is -2.21. The van der Waals surface area contributed by atoms with Crippen molar-refractivity contribution in [2.45, 2.75) is 19.4 Å². The van der Waals surface area contributed by atoms with Gasteiger partial charge in [0.2, 0.25) is 0 Å². The van der Waals surface area contributed by atoms with Gasteiger partial charge in [-0.25, -0.2) is 0 Å². The number of amides is 1. The molecular formula is C16H18N4O4. The lowest BCUT2D eigenvalue weighted by atomic mass is 10.0. The number of carbonyl (C=O) groups excluding carboxylic acids is 1. The van der Waals surface area contributed by atoms with Crippen molar-refractivity contribution >= 4 is 17.3 Å². The topological polar surface area (TPSA) is 99.3 Å². The molecule has 1 saturated heterocycles. The first-order valence-corrected chi connectivity index (χ1v) is 7.78. The molecule has 2 aromatic rings. The number of benzene rings is 1. The summed E-state index contributed by atoms with van der Waals surface area (Å²) in [6.45, 7) is 2.31. The molecule has 1 aliphatic rings. The Morgan fingerprint density at radius 1 is 1.38 bits per heavy atom. The quantitative estimate of drug-likeness (QED) is 0.670. The van der Waals surface area contributed by atoms with E-state index in [1.807, 2.05) is 0 Å². The molecule has 1 fully saturated rings. The van der Waals surface area contributed by atoms with Gasteiger partial charge in [-0.1, -0.05) is 12.1 Å². The number of hydrogen-bond donors (Lipinski definition) is 1. The van der Waals surface area contributed by atoms with Crippen LogP contribution in [0.2, 0.25) is 0 Å². The number of nitrogens with zero attached hydrogens (tertiary/aromatic N) is 3. The Morgan fingerprint density at radius 3 is 2.88 bits per heavy atom. The van der Waals surface area contributed by atoms with Gasteiger partial charge in [0, 0.05) is 32.0 Å².